The SMILES string of the molecule is CCOC(=O)C(C#N)=C(O)c1ccc(Cl)cc1. The summed E-state index contributed by atoms with van der Waals surface area (Å²) in [4.78, 5) is 11.4. The summed E-state index contributed by atoms with van der Waals surface area (Å²) >= 11 is 5.69. The third kappa shape index (κ3) is 3.23. The van der Waals surface area contributed by atoms with Crippen molar-refractivity contribution in [2.75, 3.05) is 6.61 Å². The number of halogens is 1. The Kier molecular flexibility index (Phi) is 4.56. The van der Waals surface area contributed by atoms with Crippen LogP contribution in [-0.2, 0) is 9.53 Å². The average Bonchev–Trinajstić information content (AvgIpc) is 2.31. The van der Waals surface area contributed by atoms with E-state index >= 15 is 0 Å². The van der Waals surface area contributed by atoms with Crippen molar-refractivity contribution >= 4 is 23.3 Å². The van der Waals surface area contributed by atoms with Gasteiger partial charge in [-0.05, 0) is 31.2 Å². The van der Waals surface area contributed by atoms with Crippen molar-refractivity contribution in [1.29, 1.82) is 5.26 Å². The highest BCUT2D eigenvalue weighted by Gasteiger charge is 2.17. The summed E-state index contributed by atoms with van der Waals surface area (Å²) in [5.74, 6) is -1.26. The molecule has 0 aliphatic rings. The Bertz CT molecular complexity index is 485. The number of nitrogens with zero attached hydrogens (tertiary/aromatic N) is 1. The molecule has 88 valence electrons. The first-order valence-corrected chi connectivity index (χ1v) is 5.24. The Labute approximate surface area is 104 Å². The van der Waals surface area contributed by atoms with Crippen molar-refractivity contribution in [3.8, 4) is 6.07 Å². The monoisotopic (exact) mass is 251 g/mol. The third-order valence-corrected chi connectivity index (χ3v) is 2.20. The Morgan fingerprint density at radius 2 is 2.06 bits per heavy atom. The molecular weight excluding hydrogens is 242 g/mol. The number of carbonyl (C=O) groups excluding carboxylic acids is 1. The normalized spacial score (nSPS) is 11.4. The molecule has 0 atom stereocenters. The summed E-state index contributed by atoms with van der Waals surface area (Å²) < 4.78 is 4.66. The molecule has 0 aromatic heterocycles. The molecule has 0 fully saturated rings. The Morgan fingerprint density at radius 1 is 1.47 bits per heavy atom. The first-order chi connectivity index (χ1) is 8.10. The zero-order chi connectivity index (χ0) is 12.8. The number of nitriles is 1. The number of aliphatic hydroxyl groups is 1. The van der Waals surface area contributed by atoms with Crippen LogP contribution in [0.2, 0.25) is 5.02 Å². The van der Waals surface area contributed by atoms with E-state index in [2.05, 4.69) is 4.74 Å². The fourth-order valence-electron chi connectivity index (χ4n) is 1.15. The highest BCUT2D eigenvalue weighted by atomic mass is 35.5. The molecule has 5 heteroatoms. The topological polar surface area (TPSA) is 70.3 Å². The predicted octanol–water partition coefficient (Wildman–Crippen LogP) is 2.70. The summed E-state index contributed by atoms with van der Waals surface area (Å²) in [6.07, 6.45) is 0. The van der Waals surface area contributed by atoms with Crippen LogP contribution in [0.15, 0.2) is 29.8 Å². The zero-order valence-electron chi connectivity index (χ0n) is 9.11. The van der Waals surface area contributed by atoms with Crippen molar-refractivity contribution in [3.63, 3.8) is 0 Å². The van der Waals surface area contributed by atoms with Gasteiger partial charge in [-0.15, -0.1) is 0 Å². The summed E-state index contributed by atoms with van der Waals surface area (Å²) in [6, 6.07) is 7.74. The molecule has 0 radical (unpaired) electrons. The Hall–Kier alpha value is -1.99. The van der Waals surface area contributed by atoms with Crippen molar-refractivity contribution in [2.45, 2.75) is 6.92 Å². The van der Waals surface area contributed by atoms with Gasteiger partial charge in [-0.3, -0.25) is 0 Å². The summed E-state index contributed by atoms with van der Waals surface area (Å²) in [6.45, 7) is 1.75. The molecule has 1 N–H and O–H groups in total. The quantitative estimate of drug-likeness (QED) is 0.388. The molecule has 1 rings (SSSR count). The predicted molar refractivity (Wildman–Crippen MR) is 63.2 cm³/mol. The Morgan fingerprint density at radius 3 is 2.53 bits per heavy atom. The first-order valence-electron chi connectivity index (χ1n) is 4.86. The van der Waals surface area contributed by atoms with Crippen LogP contribution in [0.5, 0.6) is 0 Å². The Balaban J connectivity index is 3.13. The van der Waals surface area contributed by atoms with Gasteiger partial charge in [0.15, 0.2) is 5.57 Å². The first kappa shape index (κ1) is 13.1. The second kappa shape index (κ2) is 5.92. The van der Waals surface area contributed by atoms with Crippen LogP contribution < -0.4 is 0 Å². The molecule has 4 nitrogen and oxygen atoms in total. The zero-order valence-corrected chi connectivity index (χ0v) is 9.86. The third-order valence-electron chi connectivity index (χ3n) is 1.95. The second-order valence-corrected chi connectivity index (χ2v) is 3.50. The summed E-state index contributed by atoms with van der Waals surface area (Å²) in [5, 5.41) is 19.1. The minimum atomic E-state index is -0.845. The van der Waals surface area contributed by atoms with Gasteiger partial charge in [0.25, 0.3) is 0 Å². The van der Waals surface area contributed by atoms with Crippen molar-refractivity contribution in [1.82, 2.24) is 0 Å². The molecule has 0 unspecified atom stereocenters. The molecule has 0 aliphatic heterocycles. The number of hydrogen-bond acceptors (Lipinski definition) is 4. The van der Waals surface area contributed by atoms with Gasteiger partial charge in [-0.25, -0.2) is 4.79 Å². The van der Waals surface area contributed by atoms with Crippen LogP contribution in [0.25, 0.3) is 5.76 Å². The average molecular weight is 252 g/mol. The lowest BCUT2D eigenvalue weighted by molar-refractivity contribution is -0.138. The standard InChI is InChI=1S/C12H10ClNO3/c1-2-17-12(16)10(7-14)11(15)8-3-5-9(13)6-4-8/h3-6,15H,2H2,1H3. The van der Waals surface area contributed by atoms with Gasteiger partial charge in [-0.1, -0.05) is 11.6 Å². The fraction of sp³-hybridized carbons (Fsp3) is 0.167. The number of hydrogen-bond donors (Lipinski definition) is 1. The van der Waals surface area contributed by atoms with Gasteiger partial charge in [0.05, 0.1) is 6.61 Å². The highest BCUT2D eigenvalue weighted by Crippen LogP contribution is 2.19. The van der Waals surface area contributed by atoms with E-state index < -0.39 is 17.3 Å². The molecule has 0 heterocycles. The molecule has 17 heavy (non-hydrogen) atoms. The maximum atomic E-state index is 11.4. The van der Waals surface area contributed by atoms with E-state index in [1.165, 1.54) is 12.1 Å². The van der Waals surface area contributed by atoms with E-state index in [1.54, 1.807) is 25.1 Å². The van der Waals surface area contributed by atoms with E-state index in [0.717, 1.165) is 0 Å². The number of aliphatic hydroxyl groups excluding tert-OH is 1. The maximum absolute atomic E-state index is 11.4. The summed E-state index contributed by atoms with van der Waals surface area (Å²) in [7, 11) is 0. The lowest BCUT2D eigenvalue weighted by atomic mass is 10.1. The van der Waals surface area contributed by atoms with E-state index in [1.807, 2.05) is 0 Å². The van der Waals surface area contributed by atoms with Crippen molar-refractivity contribution < 1.29 is 14.6 Å². The summed E-state index contributed by atoms with van der Waals surface area (Å²) in [5.41, 5.74) is -0.0897. The van der Waals surface area contributed by atoms with Crippen LogP contribution in [0.3, 0.4) is 0 Å². The molecule has 0 amide bonds. The van der Waals surface area contributed by atoms with E-state index in [0.29, 0.717) is 10.6 Å². The van der Waals surface area contributed by atoms with Crippen LogP contribution in [0, 0.1) is 11.3 Å². The largest absolute Gasteiger partial charge is 0.506 e. The molecule has 1 aromatic carbocycles. The van der Waals surface area contributed by atoms with Crippen LogP contribution in [-0.4, -0.2) is 17.7 Å². The molecule has 0 saturated heterocycles. The lowest BCUT2D eigenvalue weighted by Crippen LogP contribution is -2.08. The minimum absolute atomic E-state index is 0.137. The van der Waals surface area contributed by atoms with Crippen LogP contribution >= 0.6 is 11.6 Å². The second-order valence-electron chi connectivity index (χ2n) is 3.06. The van der Waals surface area contributed by atoms with E-state index in [-0.39, 0.29) is 6.61 Å². The molecule has 0 spiro atoms. The van der Waals surface area contributed by atoms with Crippen LogP contribution in [0.4, 0.5) is 0 Å². The van der Waals surface area contributed by atoms with Crippen LogP contribution in [0.1, 0.15) is 12.5 Å². The molecule has 0 aliphatic carbocycles. The van der Waals surface area contributed by atoms with Gasteiger partial charge < -0.3 is 9.84 Å². The number of ether oxygens (including phenoxy) is 1. The van der Waals surface area contributed by atoms with Crippen molar-refractivity contribution in [2.24, 2.45) is 0 Å². The molecule has 0 saturated carbocycles. The van der Waals surface area contributed by atoms with Gasteiger partial charge in [0.1, 0.15) is 11.8 Å². The van der Waals surface area contributed by atoms with Crippen molar-refractivity contribution in [3.05, 3.63) is 40.4 Å². The fourth-order valence-corrected chi connectivity index (χ4v) is 1.28. The lowest BCUT2D eigenvalue weighted by Gasteiger charge is -2.04. The molecule has 1 aromatic rings. The van der Waals surface area contributed by atoms with E-state index in [9.17, 15) is 9.90 Å². The highest BCUT2D eigenvalue weighted by molar-refractivity contribution is 6.30. The van der Waals surface area contributed by atoms with Gasteiger partial charge in [-0.2, -0.15) is 5.26 Å². The molecule has 0 bridgehead atoms. The van der Waals surface area contributed by atoms with Gasteiger partial charge in [0, 0.05) is 10.6 Å². The van der Waals surface area contributed by atoms with E-state index in [4.69, 9.17) is 16.9 Å². The smallest absolute Gasteiger partial charge is 0.352 e. The van der Waals surface area contributed by atoms with Gasteiger partial charge >= 0.3 is 5.97 Å². The number of esters is 1. The minimum Gasteiger partial charge on any atom is -0.506 e. The number of benzene rings is 1. The molecular formula is C12H10ClNO3. The maximum Gasteiger partial charge on any atom is 0.352 e. The number of carbonyl (C=O) groups is 1. The number of rotatable bonds is 3. The van der Waals surface area contributed by atoms with Gasteiger partial charge in [0.2, 0.25) is 0 Å².